The third kappa shape index (κ3) is 5.81. The van der Waals surface area contributed by atoms with E-state index in [4.69, 9.17) is 9.47 Å². The minimum Gasteiger partial charge on any atom is -0.497 e. The molecule has 3 aromatic rings. The Balaban J connectivity index is 1.73. The highest BCUT2D eigenvalue weighted by atomic mass is 16.5. The van der Waals surface area contributed by atoms with E-state index in [1.807, 2.05) is 42.5 Å². The summed E-state index contributed by atoms with van der Waals surface area (Å²) in [6.45, 7) is 6.44. The minimum atomic E-state index is 0.278. The Morgan fingerprint density at radius 1 is 0.862 bits per heavy atom. The van der Waals surface area contributed by atoms with Gasteiger partial charge in [-0.05, 0) is 50.1 Å². The highest BCUT2D eigenvalue weighted by Crippen LogP contribution is 2.21. The number of nitrogens with one attached hydrogen (secondary N) is 1. The van der Waals surface area contributed by atoms with Gasteiger partial charge in [-0.2, -0.15) is 15.0 Å². The van der Waals surface area contributed by atoms with Crippen LogP contribution >= 0.6 is 0 Å². The highest BCUT2D eigenvalue weighted by molar-refractivity contribution is 5.39. The zero-order valence-corrected chi connectivity index (χ0v) is 17.1. The first-order chi connectivity index (χ1) is 14.2. The van der Waals surface area contributed by atoms with Gasteiger partial charge in [0.05, 0.1) is 7.11 Å². The van der Waals surface area contributed by atoms with Crippen molar-refractivity contribution in [2.45, 2.75) is 20.3 Å². The van der Waals surface area contributed by atoms with Gasteiger partial charge in [0.2, 0.25) is 11.9 Å². The Bertz CT molecular complexity index is 883. The van der Waals surface area contributed by atoms with Crippen LogP contribution in [0.2, 0.25) is 0 Å². The molecule has 0 spiro atoms. The van der Waals surface area contributed by atoms with E-state index in [0.717, 1.165) is 25.3 Å². The number of nitrogens with zero attached hydrogens (tertiary/aromatic N) is 4. The Morgan fingerprint density at radius 2 is 1.59 bits per heavy atom. The van der Waals surface area contributed by atoms with E-state index >= 15 is 0 Å². The summed E-state index contributed by atoms with van der Waals surface area (Å²) in [5.74, 6) is 2.64. The summed E-state index contributed by atoms with van der Waals surface area (Å²) in [5, 5.41) is 3.29. The summed E-state index contributed by atoms with van der Waals surface area (Å²) in [4.78, 5) is 15.6. The van der Waals surface area contributed by atoms with Crippen LogP contribution in [0.3, 0.4) is 0 Å². The van der Waals surface area contributed by atoms with Gasteiger partial charge in [-0.25, -0.2) is 0 Å². The zero-order valence-electron chi connectivity index (χ0n) is 17.1. The summed E-state index contributed by atoms with van der Waals surface area (Å²) in [6.07, 6.45) is 0.838. The average Bonchev–Trinajstić information content (AvgIpc) is 2.76. The maximum absolute atomic E-state index is 5.85. The number of methoxy groups -OCH3 is 1. The second-order valence-electron chi connectivity index (χ2n) is 6.35. The molecule has 0 aliphatic carbocycles. The van der Waals surface area contributed by atoms with Gasteiger partial charge in [-0.1, -0.05) is 30.3 Å². The Kier molecular flexibility index (Phi) is 7.22. The lowest BCUT2D eigenvalue weighted by Crippen LogP contribution is -2.25. The fraction of sp³-hybridized carbons (Fsp3) is 0.318. The van der Waals surface area contributed by atoms with Crippen molar-refractivity contribution >= 4 is 11.9 Å². The quantitative estimate of drug-likeness (QED) is 0.554. The first kappa shape index (κ1) is 20.4. The molecular formula is C22H27N5O2. The topological polar surface area (TPSA) is 72.4 Å². The average molecular weight is 393 g/mol. The van der Waals surface area contributed by atoms with Gasteiger partial charge < -0.3 is 19.7 Å². The summed E-state index contributed by atoms with van der Waals surface area (Å²) in [6, 6.07) is 17.8. The van der Waals surface area contributed by atoms with Crippen molar-refractivity contribution in [3.05, 3.63) is 60.2 Å². The molecule has 2 aromatic carbocycles. The number of benzene rings is 2. The third-order valence-corrected chi connectivity index (χ3v) is 4.46. The van der Waals surface area contributed by atoms with Crippen molar-refractivity contribution in [2.75, 3.05) is 37.0 Å². The van der Waals surface area contributed by atoms with Gasteiger partial charge in [-0.3, -0.25) is 0 Å². The van der Waals surface area contributed by atoms with Crippen molar-refractivity contribution < 1.29 is 9.47 Å². The van der Waals surface area contributed by atoms with Gasteiger partial charge in [0.1, 0.15) is 11.5 Å². The third-order valence-electron chi connectivity index (χ3n) is 4.46. The number of hydrogen-bond acceptors (Lipinski definition) is 7. The second kappa shape index (κ2) is 10.3. The smallest absolute Gasteiger partial charge is 0.328 e. The van der Waals surface area contributed by atoms with Gasteiger partial charge >= 0.3 is 6.01 Å². The summed E-state index contributed by atoms with van der Waals surface area (Å²) < 4.78 is 11.0. The monoisotopic (exact) mass is 393 g/mol. The van der Waals surface area contributed by atoms with Gasteiger partial charge in [0, 0.05) is 19.6 Å². The molecule has 0 aliphatic rings. The van der Waals surface area contributed by atoms with Crippen molar-refractivity contribution in [2.24, 2.45) is 0 Å². The predicted molar refractivity (Wildman–Crippen MR) is 115 cm³/mol. The fourth-order valence-electron chi connectivity index (χ4n) is 2.82. The first-order valence-corrected chi connectivity index (χ1v) is 9.82. The summed E-state index contributed by atoms with van der Waals surface area (Å²) in [5.41, 5.74) is 1.21. The van der Waals surface area contributed by atoms with Crippen LogP contribution in [0.25, 0.3) is 0 Å². The molecule has 29 heavy (non-hydrogen) atoms. The molecule has 3 rings (SSSR count). The summed E-state index contributed by atoms with van der Waals surface area (Å²) >= 11 is 0. The van der Waals surface area contributed by atoms with Gasteiger partial charge in [0.25, 0.3) is 0 Å². The van der Waals surface area contributed by atoms with Crippen molar-refractivity contribution in [3.8, 4) is 17.5 Å². The molecule has 0 aliphatic heterocycles. The predicted octanol–water partition coefficient (Wildman–Crippen LogP) is 4.17. The molecule has 0 unspecified atom stereocenters. The van der Waals surface area contributed by atoms with E-state index in [-0.39, 0.29) is 6.01 Å². The summed E-state index contributed by atoms with van der Waals surface area (Å²) in [7, 11) is 1.67. The van der Waals surface area contributed by atoms with E-state index in [1.54, 1.807) is 7.11 Å². The Morgan fingerprint density at radius 3 is 2.24 bits per heavy atom. The van der Waals surface area contributed by atoms with Crippen LogP contribution in [0.4, 0.5) is 11.9 Å². The molecular weight excluding hydrogens is 366 g/mol. The van der Waals surface area contributed by atoms with E-state index in [0.29, 0.717) is 24.2 Å². The van der Waals surface area contributed by atoms with Crippen LogP contribution < -0.4 is 19.7 Å². The highest BCUT2D eigenvalue weighted by Gasteiger charge is 2.12. The molecule has 7 nitrogen and oxygen atoms in total. The molecule has 0 saturated carbocycles. The molecule has 0 saturated heterocycles. The lowest BCUT2D eigenvalue weighted by Gasteiger charge is -2.19. The van der Waals surface area contributed by atoms with Crippen LogP contribution in [-0.4, -0.2) is 41.7 Å². The molecule has 0 bridgehead atoms. The van der Waals surface area contributed by atoms with Crippen LogP contribution in [0.5, 0.6) is 17.5 Å². The first-order valence-electron chi connectivity index (χ1n) is 9.82. The van der Waals surface area contributed by atoms with E-state index in [1.165, 1.54) is 5.56 Å². The Labute approximate surface area is 171 Å². The number of hydrogen-bond donors (Lipinski definition) is 1. The van der Waals surface area contributed by atoms with Crippen molar-refractivity contribution in [1.82, 2.24) is 15.0 Å². The largest absolute Gasteiger partial charge is 0.497 e. The normalized spacial score (nSPS) is 10.4. The fourth-order valence-corrected chi connectivity index (χ4v) is 2.82. The van der Waals surface area contributed by atoms with Gasteiger partial charge in [-0.15, -0.1) is 0 Å². The van der Waals surface area contributed by atoms with Crippen LogP contribution in [0.15, 0.2) is 54.6 Å². The molecule has 1 heterocycles. The number of ether oxygens (including phenoxy) is 2. The van der Waals surface area contributed by atoms with Crippen molar-refractivity contribution in [3.63, 3.8) is 0 Å². The lowest BCUT2D eigenvalue weighted by atomic mass is 10.1. The molecule has 0 radical (unpaired) electrons. The molecule has 1 aromatic heterocycles. The van der Waals surface area contributed by atoms with Crippen LogP contribution in [-0.2, 0) is 6.42 Å². The number of para-hydroxylation sites is 1. The van der Waals surface area contributed by atoms with Crippen LogP contribution in [0, 0.1) is 0 Å². The standard InChI is InChI=1S/C22H27N5O2/c1-4-27(5-2)21-24-20(23-16-15-17-11-13-18(28-3)14-12-17)25-22(26-21)29-19-9-7-6-8-10-19/h6-14H,4-5,15-16H2,1-3H3,(H,23,24,25,26). The molecule has 7 heteroatoms. The van der Waals surface area contributed by atoms with Gasteiger partial charge in [0.15, 0.2) is 0 Å². The second-order valence-corrected chi connectivity index (χ2v) is 6.35. The number of rotatable bonds is 10. The maximum atomic E-state index is 5.85. The molecule has 1 N–H and O–H groups in total. The molecule has 0 atom stereocenters. The minimum absolute atomic E-state index is 0.278. The van der Waals surface area contributed by atoms with Crippen LogP contribution in [0.1, 0.15) is 19.4 Å². The van der Waals surface area contributed by atoms with Crippen molar-refractivity contribution in [1.29, 1.82) is 0 Å². The Hall–Kier alpha value is -3.35. The number of aromatic nitrogens is 3. The van der Waals surface area contributed by atoms with E-state index < -0.39 is 0 Å². The SMILES string of the molecule is CCN(CC)c1nc(NCCc2ccc(OC)cc2)nc(Oc2ccccc2)n1. The molecule has 152 valence electrons. The maximum Gasteiger partial charge on any atom is 0.328 e. The number of anilines is 2. The molecule has 0 fully saturated rings. The molecule has 0 amide bonds. The van der Waals surface area contributed by atoms with E-state index in [2.05, 4.69) is 51.1 Å². The van der Waals surface area contributed by atoms with E-state index in [9.17, 15) is 0 Å². The zero-order chi connectivity index (χ0) is 20.5. The lowest BCUT2D eigenvalue weighted by molar-refractivity contribution is 0.414.